The van der Waals surface area contributed by atoms with Gasteiger partial charge in [0, 0.05) is 6.54 Å². The predicted molar refractivity (Wildman–Crippen MR) is 77.9 cm³/mol. The van der Waals surface area contributed by atoms with E-state index in [0.717, 1.165) is 5.92 Å². The molecule has 2 nitrogen and oxygen atoms in total. The van der Waals surface area contributed by atoms with Gasteiger partial charge in [0.15, 0.2) is 0 Å². The number of aryl methyl sites for hydroxylation is 1. The summed E-state index contributed by atoms with van der Waals surface area (Å²) in [5, 5.41) is 3.31. The lowest BCUT2D eigenvalue weighted by Crippen LogP contribution is -2.39. The topological polar surface area (TPSA) is 15.3 Å². The molecule has 2 rings (SSSR count). The van der Waals surface area contributed by atoms with Crippen LogP contribution in [0.4, 0.5) is 0 Å². The number of likely N-dealkylation sites (tertiary alicyclic amines) is 1. The third-order valence-corrected chi connectivity index (χ3v) is 3.88. The van der Waals surface area contributed by atoms with Gasteiger partial charge in [0.2, 0.25) is 0 Å². The van der Waals surface area contributed by atoms with Crippen molar-refractivity contribution in [1.82, 2.24) is 10.2 Å². The molecule has 18 heavy (non-hydrogen) atoms. The van der Waals surface area contributed by atoms with Crippen LogP contribution >= 0.6 is 0 Å². The van der Waals surface area contributed by atoms with Crippen LogP contribution in [-0.4, -0.2) is 38.1 Å². The van der Waals surface area contributed by atoms with Gasteiger partial charge in [-0.1, -0.05) is 30.3 Å². The molecule has 0 bridgehead atoms. The third-order valence-electron chi connectivity index (χ3n) is 3.88. The van der Waals surface area contributed by atoms with Crippen LogP contribution in [0.2, 0.25) is 0 Å². The van der Waals surface area contributed by atoms with Crippen molar-refractivity contribution in [2.75, 3.05) is 33.2 Å². The summed E-state index contributed by atoms with van der Waals surface area (Å²) in [6.45, 7) is 5.02. The average Bonchev–Trinajstić information content (AvgIpc) is 2.41. The third kappa shape index (κ3) is 4.43. The Bertz CT molecular complexity index is 321. The standard InChI is InChI=1S/C16H26N2/c1-17-13-16-10-6-12-18(14-16)11-5-9-15-7-3-2-4-8-15/h2-4,7-8,16-17H,5-6,9-14H2,1H3. The molecular weight excluding hydrogens is 220 g/mol. The monoisotopic (exact) mass is 246 g/mol. The highest BCUT2D eigenvalue weighted by Gasteiger charge is 2.18. The van der Waals surface area contributed by atoms with E-state index in [2.05, 4.69) is 47.6 Å². The van der Waals surface area contributed by atoms with Gasteiger partial charge in [0.1, 0.15) is 0 Å². The van der Waals surface area contributed by atoms with Crippen molar-refractivity contribution in [3.8, 4) is 0 Å². The first-order valence-electron chi connectivity index (χ1n) is 7.29. The second-order valence-electron chi connectivity index (χ2n) is 5.46. The first kappa shape index (κ1) is 13.6. The molecule has 0 aromatic heterocycles. The van der Waals surface area contributed by atoms with Crippen LogP contribution < -0.4 is 5.32 Å². The summed E-state index contributed by atoms with van der Waals surface area (Å²) in [5.74, 6) is 0.862. The van der Waals surface area contributed by atoms with Gasteiger partial charge in [-0.2, -0.15) is 0 Å². The number of nitrogens with one attached hydrogen (secondary N) is 1. The van der Waals surface area contributed by atoms with Crippen LogP contribution in [0.5, 0.6) is 0 Å². The second-order valence-corrected chi connectivity index (χ2v) is 5.46. The van der Waals surface area contributed by atoms with Gasteiger partial charge < -0.3 is 10.2 Å². The SMILES string of the molecule is CNCC1CCCN(CCCc2ccccc2)C1. The number of rotatable bonds is 6. The fourth-order valence-corrected chi connectivity index (χ4v) is 2.96. The van der Waals surface area contributed by atoms with Crippen LogP contribution in [0.25, 0.3) is 0 Å². The van der Waals surface area contributed by atoms with E-state index in [1.165, 1.54) is 57.4 Å². The van der Waals surface area contributed by atoms with E-state index in [-0.39, 0.29) is 0 Å². The maximum Gasteiger partial charge on any atom is 0.00218 e. The van der Waals surface area contributed by atoms with Crippen molar-refractivity contribution >= 4 is 0 Å². The average molecular weight is 246 g/mol. The van der Waals surface area contributed by atoms with E-state index in [1.807, 2.05) is 0 Å². The lowest BCUT2D eigenvalue weighted by atomic mass is 9.97. The summed E-state index contributed by atoms with van der Waals surface area (Å²) in [6, 6.07) is 10.8. The van der Waals surface area contributed by atoms with E-state index in [0.29, 0.717) is 0 Å². The van der Waals surface area contributed by atoms with Crippen molar-refractivity contribution in [1.29, 1.82) is 0 Å². The maximum absolute atomic E-state index is 3.31. The number of nitrogens with zero attached hydrogens (tertiary/aromatic N) is 1. The van der Waals surface area contributed by atoms with Crippen LogP contribution in [0, 0.1) is 5.92 Å². The Morgan fingerprint density at radius 1 is 1.28 bits per heavy atom. The Balaban J connectivity index is 1.67. The fourth-order valence-electron chi connectivity index (χ4n) is 2.96. The molecule has 1 heterocycles. The summed E-state index contributed by atoms with van der Waals surface area (Å²) in [5.41, 5.74) is 1.47. The molecule has 0 radical (unpaired) electrons. The first-order chi connectivity index (χ1) is 8.88. The summed E-state index contributed by atoms with van der Waals surface area (Å²) in [7, 11) is 2.06. The number of hydrogen-bond acceptors (Lipinski definition) is 2. The van der Waals surface area contributed by atoms with Crippen LogP contribution in [0.15, 0.2) is 30.3 Å². The molecular formula is C16H26N2. The summed E-state index contributed by atoms with van der Waals surface area (Å²) < 4.78 is 0. The van der Waals surface area contributed by atoms with Gasteiger partial charge >= 0.3 is 0 Å². The zero-order chi connectivity index (χ0) is 12.6. The highest BCUT2D eigenvalue weighted by atomic mass is 15.1. The molecule has 100 valence electrons. The zero-order valence-electron chi connectivity index (χ0n) is 11.6. The van der Waals surface area contributed by atoms with Crippen LogP contribution in [0.3, 0.4) is 0 Å². The summed E-state index contributed by atoms with van der Waals surface area (Å²) in [4.78, 5) is 2.65. The summed E-state index contributed by atoms with van der Waals surface area (Å²) >= 11 is 0. The minimum absolute atomic E-state index is 0.862. The molecule has 1 saturated heterocycles. The Morgan fingerprint density at radius 2 is 2.11 bits per heavy atom. The highest BCUT2D eigenvalue weighted by Crippen LogP contribution is 2.16. The molecule has 1 aromatic rings. The fraction of sp³-hybridized carbons (Fsp3) is 0.625. The highest BCUT2D eigenvalue weighted by molar-refractivity contribution is 5.14. The van der Waals surface area contributed by atoms with E-state index in [1.54, 1.807) is 0 Å². The minimum Gasteiger partial charge on any atom is -0.319 e. The first-order valence-corrected chi connectivity index (χ1v) is 7.29. The number of benzene rings is 1. The Kier molecular flexibility index (Phi) is 5.69. The Labute approximate surface area is 111 Å². The molecule has 1 N–H and O–H groups in total. The van der Waals surface area contributed by atoms with Gasteiger partial charge in [0.05, 0.1) is 0 Å². The molecule has 1 atom stereocenters. The predicted octanol–water partition coefficient (Wildman–Crippen LogP) is 2.55. The van der Waals surface area contributed by atoms with Crippen molar-refractivity contribution in [2.24, 2.45) is 5.92 Å². The van der Waals surface area contributed by atoms with Crippen molar-refractivity contribution in [3.63, 3.8) is 0 Å². The van der Waals surface area contributed by atoms with Gasteiger partial charge in [-0.15, -0.1) is 0 Å². The molecule has 0 aliphatic carbocycles. The maximum atomic E-state index is 3.31. The number of hydrogen-bond donors (Lipinski definition) is 1. The molecule has 1 unspecified atom stereocenters. The summed E-state index contributed by atoms with van der Waals surface area (Å²) in [6.07, 6.45) is 5.28. The molecule has 1 aliphatic heterocycles. The largest absolute Gasteiger partial charge is 0.319 e. The Hall–Kier alpha value is -0.860. The molecule has 0 amide bonds. The molecule has 1 aromatic carbocycles. The van der Waals surface area contributed by atoms with E-state index < -0.39 is 0 Å². The van der Waals surface area contributed by atoms with Crippen LogP contribution in [0.1, 0.15) is 24.8 Å². The lowest BCUT2D eigenvalue weighted by molar-refractivity contribution is 0.172. The molecule has 2 heteroatoms. The molecule has 1 aliphatic rings. The molecule has 0 saturated carbocycles. The smallest absolute Gasteiger partial charge is 0.00218 e. The van der Waals surface area contributed by atoms with Gasteiger partial charge in [0.25, 0.3) is 0 Å². The van der Waals surface area contributed by atoms with Crippen molar-refractivity contribution in [2.45, 2.75) is 25.7 Å². The van der Waals surface area contributed by atoms with E-state index >= 15 is 0 Å². The zero-order valence-corrected chi connectivity index (χ0v) is 11.6. The van der Waals surface area contributed by atoms with Gasteiger partial charge in [-0.05, 0) is 63.8 Å². The quantitative estimate of drug-likeness (QED) is 0.830. The van der Waals surface area contributed by atoms with E-state index in [4.69, 9.17) is 0 Å². The van der Waals surface area contributed by atoms with E-state index in [9.17, 15) is 0 Å². The Morgan fingerprint density at radius 3 is 2.89 bits per heavy atom. The normalized spacial score (nSPS) is 21.1. The van der Waals surface area contributed by atoms with Crippen LogP contribution in [-0.2, 0) is 6.42 Å². The molecule has 0 spiro atoms. The minimum atomic E-state index is 0.862. The van der Waals surface area contributed by atoms with Gasteiger partial charge in [-0.3, -0.25) is 0 Å². The van der Waals surface area contributed by atoms with Crippen molar-refractivity contribution < 1.29 is 0 Å². The molecule has 1 fully saturated rings. The lowest BCUT2D eigenvalue weighted by Gasteiger charge is -2.32. The second kappa shape index (κ2) is 7.55. The van der Waals surface area contributed by atoms with Gasteiger partial charge in [-0.25, -0.2) is 0 Å². The van der Waals surface area contributed by atoms with Crippen molar-refractivity contribution in [3.05, 3.63) is 35.9 Å². The number of piperidine rings is 1.